The minimum Gasteiger partial charge on any atom is -1.00 e. The summed E-state index contributed by atoms with van der Waals surface area (Å²) in [6, 6.07) is 19.6. The Morgan fingerprint density at radius 2 is 0.902 bits per heavy atom. The molecule has 0 radical (unpaired) electrons. The van der Waals surface area contributed by atoms with Crippen molar-refractivity contribution >= 4 is 23.6 Å². The summed E-state index contributed by atoms with van der Waals surface area (Å²) < 4.78 is 18.7. The summed E-state index contributed by atoms with van der Waals surface area (Å²) >= 11 is 0. The maximum Gasteiger partial charge on any atom is 4.00 e. The van der Waals surface area contributed by atoms with Gasteiger partial charge in [-0.25, -0.2) is 5.57 Å². The van der Waals surface area contributed by atoms with Crippen LogP contribution in [0.4, 0.5) is 0 Å². The molecule has 3 nitrogen and oxygen atoms in total. The van der Waals surface area contributed by atoms with Gasteiger partial charge >= 0.3 is 21.7 Å². The van der Waals surface area contributed by atoms with E-state index >= 15 is 0 Å². The first-order chi connectivity index (χ1) is 17.6. The number of hydrogen-bond donors (Lipinski definition) is 0. The Bertz CT molecular complexity index is 1310. The first kappa shape index (κ1) is 39.3. The molecule has 0 aromatic heterocycles. The van der Waals surface area contributed by atoms with E-state index in [4.69, 9.17) is 14.2 Å². The van der Waals surface area contributed by atoms with Gasteiger partial charge in [0.25, 0.3) is 0 Å². The van der Waals surface area contributed by atoms with Gasteiger partial charge in [0.15, 0.2) is 8.07 Å². The van der Waals surface area contributed by atoms with Crippen molar-refractivity contribution in [2.45, 2.75) is 53.5 Å². The normalized spacial score (nSPS) is 15.9. The smallest absolute Gasteiger partial charge is 1.00 e. The Balaban J connectivity index is 0.00000400. The molecule has 0 N–H and O–H groups in total. The van der Waals surface area contributed by atoms with Gasteiger partial charge in [0.2, 0.25) is 0 Å². The average Bonchev–Trinajstić information content (AvgIpc) is 3.08. The summed E-state index contributed by atoms with van der Waals surface area (Å²) in [4.78, 5) is 0. The molecule has 3 aromatic rings. The van der Waals surface area contributed by atoms with Crippen molar-refractivity contribution in [2.75, 3.05) is 21.3 Å². The summed E-state index contributed by atoms with van der Waals surface area (Å²) in [5, 5.41) is 3.14. The monoisotopic (exact) mass is 664 g/mol. The SMILES string of the molecule is COc1c(C)cccc1[Si](c1cccc(C)c1OC)(c1cccc(C)c1OC)C1(C)[C-]=C(C)C(C)=C1C.[Cl-].[Cl-].[Cl-].[Ti+4]. The number of para-hydroxylation sites is 3. The standard InChI is InChI=1S/C33H39O3Si.3ClH.Ti/c1-21-14-11-17-27(30(21)34-8)37(28-18-12-15-22(2)31(28)35-9,29-19-13-16-23(3)32(29)36-10)33(7)20-24(4)25(5)26(33)6;;;;/h11-19H,1-10H3;3*1H;/q-1;;;;+4/p-3. The van der Waals surface area contributed by atoms with Gasteiger partial charge in [0.1, 0.15) is 17.2 Å². The van der Waals surface area contributed by atoms with Crippen molar-refractivity contribution in [3.8, 4) is 17.2 Å². The zero-order valence-electron chi connectivity index (χ0n) is 25.6. The molecule has 41 heavy (non-hydrogen) atoms. The van der Waals surface area contributed by atoms with Gasteiger partial charge in [-0.1, -0.05) is 80.4 Å². The number of methoxy groups -OCH3 is 3. The van der Waals surface area contributed by atoms with Crippen LogP contribution >= 0.6 is 0 Å². The van der Waals surface area contributed by atoms with Gasteiger partial charge in [-0.2, -0.15) is 11.1 Å². The zero-order chi connectivity index (χ0) is 27.1. The quantitative estimate of drug-likeness (QED) is 0.153. The van der Waals surface area contributed by atoms with Crippen molar-refractivity contribution in [2.24, 2.45) is 0 Å². The minimum absolute atomic E-state index is 0. The van der Waals surface area contributed by atoms with Crippen LogP contribution in [0.3, 0.4) is 0 Å². The molecule has 0 fully saturated rings. The number of hydrogen-bond acceptors (Lipinski definition) is 3. The second kappa shape index (κ2) is 15.2. The molecule has 1 aliphatic carbocycles. The first-order valence-electron chi connectivity index (χ1n) is 12.8. The molecule has 0 aliphatic heterocycles. The molecule has 0 spiro atoms. The van der Waals surface area contributed by atoms with Crippen molar-refractivity contribution in [1.29, 1.82) is 0 Å². The van der Waals surface area contributed by atoms with Crippen LogP contribution < -0.4 is 67.0 Å². The van der Waals surface area contributed by atoms with Crippen LogP contribution in [-0.2, 0) is 21.7 Å². The third kappa shape index (κ3) is 5.94. The van der Waals surface area contributed by atoms with Gasteiger partial charge in [0, 0.05) is 0 Å². The second-order valence-corrected chi connectivity index (χ2v) is 14.5. The van der Waals surface area contributed by atoms with E-state index in [0.29, 0.717) is 0 Å². The number of allylic oxidation sites excluding steroid dienone is 4. The van der Waals surface area contributed by atoms with E-state index in [0.717, 1.165) is 33.9 Å². The van der Waals surface area contributed by atoms with E-state index in [2.05, 4.69) is 109 Å². The molecule has 0 saturated heterocycles. The second-order valence-electron chi connectivity index (χ2n) is 10.3. The molecule has 1 aliphatic rings. The van der Waals surface area contributed by atoms with Crippen LogP contribution in [-0.4, -0.2) is 29.4 Å². The molecule has 0 saturated carbocycles. The van der Waals surface area contributed by atoms with Crippen LogP contribution in [0, 0.1) is 26.8 Å². The van der Waals surface area contributed by atoms with E-state index in [1.165, 1.54) is 32.3 Å². The van der Waals surface area contributed by atoms with Gasteiger partial charge in [0.05, 0.1) is 21.3 Å². The van der Waals surface area contributed by atoms with E-state index in [9.17, 15) is 0 Å². The predicted octanol–water partition coefficient (Wildman–Crippen LogP) is -3.02. The first-order valence-corrected chi connectivity index (χ1v) is 14.8. The maximum absolute atomic E-state index is 6.23. The molecule has 3 aromatic carbocycles. The Hall–Kier alpha value is -1.66. The molecule has 4 rings (SSSR count). The van der Waals surface area contributed by atoms with Gasteiger partial charge in [-0.3, -0.25) is 6.08 Å². The molecule has 0 heterocycles. The Labute approximate surface area is 281 Å². The van der Waals surface area contributed by atoms with Crippen molar-refractivity contribution in [3.05, 3.63) is 94.1 Å². The largest absolute Gasteiger partial charge is 4.00 e. The third-order valence-corrected chi connectivity index (χ3v) is 14.1. The molecule has 8 heteroatoms. The summed E-state index contributed by atoms with van der Waals surface area (Å²) in [6.07, 6.45) is 4.02. The maximum atomic E-state index is 6.23. The third-order valence-electron chi connectivity index (χ3n) is 8.52. The van der Waals surface area contributed by atoms with Crippen molar-refractivity contribution < 1.29 is 73.1 Å². The summed E-state index contributed by atoms with van der Waals surface area (Å²) in [5.74, 6) is 2.75. The Morgan fingerprint density at radius 1 is 0.585 bits per heavy atom. The van der Waals surface area contributed by atoms with E-state index in [1.54, 1.807) is 21.3 Å². The van der Waals surface area contributed by atoms with E-state index < -0.39 is 13.1 Å². The van der Waals surface area contributed by atoms with Gasteiger partial charge in [-0.05, 0) is 53.0 Å². The van der Waals surface area contributed by atoms with Crippen LogP contribution in [0.1, 0.15) is 44.4 Å². The van der Waals surface area contributed by atoms with E-state index in [1.807, 2.05) is 0 Å². The Kier molecular flexibility index (Phi) is 14.6. The topological polar surface area (TPSA) is 27.7 Å². The molecular formula is C33H39Cl3O3SiTi. The fourth-order valence-electron chi connectivity index (χ4n) is 6.49. The fraction of sp³-hybridized carbons (Fsp3) is 0.333. The van der Waals surface area contributed by atoms with Crippen molar-refractivity contribution in [3.63, 3.8) is 0 Å². The fourth-order valence-corrected chi connectivity index (χ4v) is 13.1. The van der Waals surface area contributed by atoms with Crippen LogP contribution in [0.5, 0.6) is 17.2 Å². The van der Waals surface area contributed by atoms with E-state index in [-0.39, 0.29) is 58.9 Å². The van der Waals surface area contributed by atoms with Crippen LogP contribution in [0.25, 0.3) is 0 Å². The number of ether oxygens (including phenoxy) is 3. The predicted molar refractivity (Wildman–Crippen MR) is 157 cm³/mol. The molecule has 1 atom stereocenters. The molecule has 0 bridgehead atoms. The zero-order valence-corrected chi connectivity index (χ0v) is 30.4. The van der Waals surface area contributed by atoms with Crippen LogP contribution in [0.2, 0.25) is 5.04 Å². The number of rotatable bonds is 7. The van der Waals surface area contributed by atoms with Crippen LogP contribution in [0.15, 0.2) is 71.3 Å². The number of halogens is 3. The number of aryl methyl sites for hydroxylation is 3. The summed E-state index contributed by atoms with van der Waals surface area (Å²) in [7, 11) is 2.22. The van der Waals surface area contributed by atoms with Crippen molar-refractivity contribution in [1.82, 2.24) is 0 Å². The molecule has 0 amide bonds. The average molecular weight is 666 g/mol. The molecule has 218 valence electrons. The number of benzene rings is 3. The summed E-state index contributed by atoms with van der Waals surface area (Å²) in [6.45, 7) is 15.4. The molecule has 1 unspecified atom stereocenters. The minimum atomic E-state index is -3.12. The summed E-state index contributed by atoms with van der Waals surface area (Å²) in [5.41, 5.74) is 7.14. The van der Waals surface area contributed by atoms with Gasteiger partial charge in [-0.15, -0.1) is 6.92 Å². The Morgan fingerprint density at radius 3 is 1.15 bits per heavy atom. The van der Waals surface area contributed by atoms with Gasteiger partial charge < -0.3 is 51.4 Å². The molecular weight excluding hydrogens is 627 g/mol.